The average Bonchev–Trinajstić information content (AvgIpc) is 2.80. The molecule has 116 valence electrons. The molecule has 6 heteroatoms. The monoisotopic (exact) mass is 390 g/mol. The smallest absolute Gasteiger partial charge is 0.266 e. The molecule has 3 nitrogen and oxygen atoms in total. The molecule has 1 aliphatic rings. The molecule has 2 aromatic carbocycles. The van der Waals surface area contributed by atoms with Gasteiger partial charge in [0.25, 0.3) is 5.91 Å². The third-order valence-electron chi connectivity index (χ3n) is 3.24. The molecular formula is C17H12BrFN2OS. The van der Waals surface area contributed by atoms with E-state index in [0.717, 1.165) is 10.0 Å². The van der Waals surface area contributed by atoms with E-state index >= 15 is 0 Å². The van der Waals surface area contributed by atoms with Crippen molar-refractivity contribution in [2.75, 3.05) is 7.05 Å². The van der Waals surface area contributed by atoms with Crippen LogP contribution in [0.2, 0.25) is 0 Å². The van der Waals surface area contributed by atoms with Gasteiger partial charge in [-0.3, -0.25) is 9.69 Å². The van der Waals surface area contributed by atoms with E-state index in [2.05, 4.69) is 20.9 Å². The SMILES string of the molecule is CN1C(=O)/C(=C\c2ccc(Br)cc2)SC1=Nc1ccccc1F. The van der Waals surface area contributed by atoms with Crippen LogP contribution in [0.3, 0.4) is 0 Å². The summed E-state index contributed by atoms with van der Waals surface area (Å²) in [6, 6.07) is 13.9. The molecule has 0 aromatic heterocycles. The molecular weight excluding hydrogens is 379 g/mol. The second-order valence-electron chi connectivity index (χ2n) is 4.87. The molecule has 0 saturated carbocycles. The highest BCUT2D eigenvalue weighted by atomic mass is 79.9. The number of carbonyl (C=O) groups is 1. The molecule has 1 saturated heterocycles. The molecule has 1 fully saturated rings. The number of benzene rings is 2. The Morgan fingerprint density at radius 2 is 1.87 bits per heavy atom. The van der Waals surface area contributed by atoms with Crippen molar-refractivity contribution in [1.82, 2.24) is 4.90 Å². The molecule has 23 heavy (non-hydrogen) atoms. The van der Waals surface area contributed by atoms with E-state index in [1.807, 2.05) is 24.3 Å². The van der Waals surface area contributed by atoms with E-state index in [4.69, 9.17) is 0 Å². The van der Waals surface area contributed by atoms with E-state index in [0.29, 0.717) is 10.1 Å². The number of amidine groups is 1. The number of likely N-dealkylation sites (N-methyl/N-ethyl adjacent to an activating group) is 1. The first kappa shape index (κ1) is 16.0. The Balaban J connectivity index is 1.91. The van der Waals surface area contributed by atoms with Crippen molar-refractivity contribution < 1.29 is 9.18 Å². The van der Waals surface area contributed by atoms with Crippen LogP contribution < -0.4 is 0 Å². The Kier molecular flexibility index (Phi) is 4.63. The van der Waals surface area contributed by atoms with Crippen molar-refractivity contribution in [1.29, 1.82) is 0 Å². The van der Waals surface area contributed by atoms with E-state index < -0.39 is 5.82 Å². The molecule has 0 atom stereocenters. The number of rotatable bonds is 2. The van der Waals surface area contributed by atoms with E-state index in [1.165, 1.54) is 22.7 Å². The van der Waals surface area contributed by atoms with Crippen LogP contribution in [0.1, 0.15) is 5.56 Å². The number of aliphatic imine (C=N–C) groups is 1. The van der Waals surface area contributed by atoms with Crippen LogP contribution in [0.15, 0.2) is 62.9 Å². The Morgan fingerprint density at radius 3 is 2.57 bits per heavy atom. The van der Waals surface area contributed by atoms with Crippen LogP contribution in [-0.4, -0.2) is 23.0 Å². The van der Waals surface area contributed by atoms with Gasteiger partial charge >= 0.3 is 0 Å². The summed E-state index contributed by atoms with van der Waals surface area (Å²) in [4.78, 5) is 18.6. The van der Waals surface area contributed by atoms with Gasteiger partial charge in [0.15, 0.2) is 5.17 Å². The maximum absolute atomic E-state index is 13.7. The number of para-hydroxylation sites is 1. The summed E-state index contributed by atoms with van der Waals surface area (Å²) in [6.07, 6.45) is 1.81. The van der Waals surface area contributed by atoms with Gasteiger partial charge in [-0.25, -0.2) is 9.38 Å². The van der Waals surface area contributed by atoms with Crippen molar-refractivity contribution >= 4 is 50.5 Å². The Labute approximate surface area is 146 Å². The van der Waals surface area contributed by atoms with Gasteiger partial charge in [-0.1, -0.05) is 40.2 Å². The molecule has 3 rings (SSSR count). The molecule has 2 aromatic rings. The highest BCUT2D eigenvalue weighted by molar-refractivity contribution is 9.10. The fourth-order valence-corrected chi connectivity index (χ4v) is 3.25. The van der Waals surface area contributed by atoms with E-state index in [1.54, 1.807) is 31.3 Å². The quantitative estimate of drug-likeness (QED) is 0.688. The minimum Gasteiger partial charge on any atom is -0.290 e. The first-order valence-corrected chi connectivity index (χ1v) is 8.42. The summed E-state index contributed by atoms with van der Waals surface area (Å²) >= 11 is 4.62. The highest BCUT2D eigenvalue weighted by Crippen LogP contribution is 2.33. The van der Waals surface area contributed by atoms with Gasteiger partial charge in [-0.2, -0.15) is 0 Å². The summed E-state index contributed by atoms with van der Waals surface area (Å²) in [5, 5.41) is 0.462. The summed E-state index contributed by atoms with van der Waals surface area (Å²) in [6.45, 7) is 0. The number of thioether (sulfide) groups is 1. The molecule has 1 heterocycles. The number of halogens is 2. The maximum Gasteiger partial charge on any atom is 0.266 e. The lowest BCUT2D eigenvalue weighted by atomic mass is 10.2. The zero-order chi connectivity index (χ0) is 16.4. The highest BCUT2D eigenvalue weighted by Gasteiger charge is 2.30. The molecule has 0 N–H and O–H groups in total. The molecule has 0 unspecified atom stereocenters. The lowest BCUT2D eigenvalue weighted by Crippen LogP contribution is -2.23. The third-order valence-corrected chi connectivity index (χ3v) is 4.83. The number of nitrogens with zero attached hydrogens (tertiary/aromatic N) is 2. The maximum atomic E-state index is 13.7. The Morgan fingerprint density at radius 1 is 1.17 bits per heavy atom. The number of amides is 1. The lowest BCUT2D eigenvalue weighted by Gasteiger charge is -2.07. The van der Waals surface area contributed by atoms with Crippen molar-refractivity contribution in [2.45, 2.75) is 0 Å². The van der Waals surface area contributed by atoms with E-state index in [-0.39, 0.29) is 11.6 Å². The lowest BCUT2D eigenvalue weighted by molar-refractivity contribution is -0.121. The summed E-state index contributed by atoms with van der Waals surface area (Å²) < 4.78 is 14.7. The van der Waals surface area contributed by atoms with Crippen LogP contribution in [-0.2, 0) is 4.79 Å². The van der Waals surface area contributed by atoms with Crippen LogP contribution in [0, 0.1) is 5.82 Å². The molecule has 1 aliphatic heterocycles. The third kappa shape index (κ3) is 3.54. The first-order valence-electron chi connectivity index (χ1n) is 6.81. The van der Waals surface area contributed by atoms with Gasteiger partial charge < -0.3 is 0 Å². The predicted molar refractivity (Wildman–Crippen MR) is 96.0 cm³/mol. The topological polar surface area (TPSA) is 32.7 Å². The van der Waals surface area contributed by atoms with Crippen molar-refractivity contribution in [3.8, 4) is 0 Å². The molecule has 0 bridgehead atoms. The number of carbonyl (C=O) groups excluding carboxylic acids is 1. The van der Waals surface area contributed by atoms with Gasteiger partial charge in [0.1, 0.15) is 11.5 Å². The fourth-order valence-electron chi connectivity index (χ4n) is 2.01. The molecule has 1 amide bonds. The first-order chi connectivity index (χ1) is 11.0. The standard InChI is InChI=1S/C17H12BrFN2OS/c1-21-16(22)15(10-11-6-8-12(18)9-7-11)23-17(21)20-14-5-3-2-4-13(14)19/h2-10H,1H3/b15-10+,20-17?. The second-order valence-corrected chi connectivity index (χ2v) is 6.80. The molecule has 0 aliphatic carbocycles. The van der Waals surface area contributed by atoms with Crippen LogP contribution in [0.5, 0.6) is 0 Å². The Hall–Kier alpha value is -1.92. The van der Waals surface area contributed by atoms with Crippen LogP contribution in [0.4, 0.5) is 10.1 Å². The molecule has 0 radical (unpaired) electrons. The minimum absolute atomic E-state index is 0.145. The van der Waals surface area contributed by atoms with Crippen molar-refractivity contribution in [3.05, 3.63) is 69.3 Å². The number of hydrogen-bond donors (Lipinski definition) is 0. The summed E-state index contributed by atoms with van der Waals surface area (Å²) in [5.41, 5.74) is 1.14. The average molecular weight is 391 g/mol. The van der Waals surface area contributed by atoms with Gasteiger partial charge in [0.2, 0.25) is 0 Å². The zero-order valence-electron chi connectivity index (χ0n) is 12.2. The number of hydrogen-bond acceptors (Lipinski definition) is 3. The van der Waals surface area contributed by atoms with Gasteiger partial charge in [-0.05, 0) is 47.7 Å². The van der Waals surface area contributed by atoms with Gasteiger partial charge in [0, 0.05) is 11.5 Å². The minimum atomic E-state index is -0.410. The Bertz CT molecular complexity index is 818. The zero-order valence-corrected chi connectivity index (χ0v) is 14.6. The fraction of sp³-hybridized carbons (Fsp3) is 0.0588. The summed E-state index contributed by atoms with van der Waals surface area (Å²) in [5.74, 6) is -0.556. The van der Waals surface area contributed by atoms with Crippen LogP contribution in [0.25, 0.3) is 6.08 Å². The van der Waals surface area contributed by atoms with Crippen molar-refractivity contribution in [3.63, 3.8) is 0 Å². The van der Waals surface area contributed by atoms with E-state index in [9.17, 15) is 9.18 Å². The van der Waals surface area contributed by atoms with Crippen molar-refractivity contribution in [2.24, 2.45) is 4.99 Å². The van der Waals surface area contributed by atoms with Gasteiger partial charge in [0.05, 0.1) is 4.91 Å². The predicted octanol–water partition coefficient (Wildman–Crippen LogP) is 4.82. The normalized spacial score (nSPS) is 18.2. The molecule has 0 spiro atoms. The van der Waals surface area contributed by atoms with Gasteiger partial charge in [-0.15, -0.1) is 0 Å². The summed E-state index contributed by atoms with van der Waals surface area (Å²) in [7, 11) is 1.64. The largest absolute Gasteiger partial charge is 0.290 e. The van der Waals surface area contributed by atoms with Crippen LogP contribution >= 0.6 is 27.7 Å². The second kappa shape index (κ2) is 6.68.